The van der Waals surface area contributed by atoms with E-state index in [1.54, 1.807) is 24.3 Å². The molecule has 0 radical (unpaired) electrons. The predicted octanol–water partition coefficient (Wildman–Crippen LogP) is 2.02. The van der Waals surface area contributed by atoms with E-state index in [4.69, 9.17) is 18.6 Å². The number of hydrogen-bond donors (Lipinski definition) is 6. The quantitative estimate of drug-likeness (QED) is 0.138. The van der Waals surface area contributed by atoms with Crippen molar-refractivity contribution in [2.75, 3.05) is 6.61 Å². The van der Waals surface area contributed by atoms with Crippen LogP contribution in [0.1, 0.15) is 5.56 Å². The van der Waals surface area contributed by atoms with E-state index in [0.29, 0.717) is 11.1 Å². The van der Waals surface area contributed by atoms with E-state index >= 15 is 0 Å². The van der Waals surface area contributed by atoms with Gasteiger partial charge in [0.25, 0.3) is 0 Å². The predicted molar refractivity (Wildman–Crippen MR) is 147 cm³/mol. The Hall–Kier alpha value is -4.88. The highest BCUT2D eigenvalue weighted by atomic mass is 16.7. The third-order valence-corrected chi connectivity index (χ3v) is 6.55. The van der Waals surface area contributed by atoms with Crippen LogP contribution >= 0.6 is 0 Å². The molecule has 0 spiro atoms. The van der Waals surface area contributed by atoms with Crippen LogP contribution in [0.5, 0.6) is 23.0 Å². The first-order valence-electron chi connectivity index (χ1n) is 12.7. The van der Waals surface area contributed by atoms with Crippen LogP contribution in [-0.2, 0) is 14.3 Å². The standard InChI is InChI=1S/C30H26O12/c31-17-6-1-15(2-7-17)3-10-25(35)39-14-24-27(36)28(37)29(38)30(42-24)40-19-8-4-16(5-9-19)22-13-21(34)26-20(33)11-18(32)12-23(26)41-22/h1-13,24,27-33,36-38H,14H2/t24-,27-,28+,29-,30-/m1/s1. The largest absolute Gasteiger partial charge is 0.508 e. The van der Waals surface area contributed by atoms with Crippen molar-refractivity contribution in [3.05, 3.63) is 88.6 Å². The number of phenolic OH excluding ortho intramolecular Hbond substituents is 3. The third kappa shape index (κ3) is 6.21. The van der Waals surface area contributed by atoms with Crippen molar-refractivity contribution in [2.24, 2.45) is 0 Å². The smallest absolute Gasteiger partial charge is 0.330 e. The summed E-state index contributed by atoms with van der Waals surface area (Å²) in [6, 6.07) is 15.6. The zero-order chi connectivity index (χ0) is 30.0. The van der Waals surface area contributed by atoms with Gasteiger partial charge in [-0.05, 0) is 48.0 Å². The van der Waals surface area contributed by atoms with Gasteiger partial charge in [-0.3, -0.25) is 4.79 Å². The highest BCUT2D eigenvalue weighted by Crippen LogP contribution is 2.31. The number of rotatable bonds is 7. The molecule has 6 N–H and O–H groups in total. The first kappa shape index (κ1) is 28.6. The lowest BCUT2D eigenvalue weighted by atomic mass is 9.99. The molecule has 0 bridgehead atoms. The van der Waals surface area contributed by atoms with Gasteiger partial charge in [0.1, 0.15) is 70.8 Å². The lowest BCUT2D eigenvalue weighted by Crippen LogP contribution is -2.60. The molecule has 0 aliphatic carbocycles. The number of aliphatic hydroxyl groups is 3. The fourth-order valence-corrected chi connectivity index (χ4v) is 4.34. The van der Waals surface area contributed by atoms with E-state index in [9.17, 15) is 40.2 Å². The van der Waals surface area contributed by atoms with Gasteiger partial charge in [-0.25, -0.2) is 4.79 Å². The second-order valence-electron chi connectivity index (χ2n) is 9.52. The fourth-order valence-electron chi connectivity index (χ4n) is 4.34. The molecule has 218 valence electrons. The van der Waals surface area contributed by atoms with E-state index < -0.39 is 54.5 Å². The Morgan fingerprint density at radius 1 is 0.857 bits per heavy atom. The van der Waals surface area contributed by atoms with Gasteiger partial charge < -0.3 is 49.3 Å². The maximum Gasteiger partial charge on any atom is 0.330 e. The van der Waals surface area contributed by atoms with Crippen LogP contribution in [0, 0.1) is 0 Å². The highest BCUT2D eigenvalue weighted by molar-refractivity contribution is 5.87. The van der Waals surface area contributed by atoms with Gasteiger partial charge in [0.2, 0.25) is 6.29 Å². The number of phenols is 3. The Kier molecular flexibility index (Phi) is 8.13. The van der Waals surface area contributed by atoms with Crippen LogP contribution in [0.25, 0.3) is 28.4 Å². The SMILES string of the molecule is O=C(C=Cc1ccc(O)cc1)OC[C@H]1O[C@@H](Oc2ccc(-c3cc(=O)c4c(O)cc(O)cc4o3)cc2)[C@H](O)[C@@H](O)[C@@H]1O. The number of aliphatic hydroxyl groups excluding tert-OH is 3. The monoisotopic (exact) mass is 578 g/mol. The van der Waals surface area contributed by atoms with Gasteiger partial charge in [-0.1, -0.05) is 12.1 Å². The summed E-state index contributed by atoms with van der Waals surface area (Å²) in [6.07, 6.45) is -4.94. The lowest BCUT2D eigenvalue weighted by molar-refractivity contribution is -0.278. The fraction of sp³-hybridized carbons (Fsp3) is 0.200. The van der Waals surface area contributed by atoms with Gasteiger partial charge in [-0.15, -0.1) is 0 Å². The van der Waals surface area contributed by atoms with Crippen LogP contribution in [0.2, 0.25) is 0 Å². The molecule has 1 saturated heterocycles. The van der Waals surface area contributed by atoms with E-state index in [1.807, 2.05) is 0 Å². The molecule has 5 atom stereocenters. The average molecular weight is 579 g/mol. The van der Waals surface area contributed by atoms with Crippen molar-refractivity contribution in [1.29, 1.82) is 0 Å². The van der Waals surface area contributed by atoms with E-state index in [2.05, 4.69) is 0 Å². The number of aromatic hydroxyl groups is 3. The van der Waals surface area contributed by atoms with Crippen molar-refractivity contribution in [1.82, 2.24) is 0 Å². The summed E-state index contributed by atoms with van der Waals surface area (Å²) in [5.74, 6) is -1.02. The Labute approximate surface area is 237 Å². The Morgan fingerprint density at radius 3 is 2.29 bits per heavy atom. The number of carbonyl (C=O) groups excluding carboxylic acids is 1. The highest BCUT2D eigenvalue weighted by Gasteiger charge is 2.45. The van der Waals surface area contributed by atoms with Gasteiger partial charge in [0.05, 0.1) is 0 Å². The topological polar surface area (TPSA) is 196 Å². The molecular formula is C30H26O12. The summed E-state index contributed by atoms with van der Waals surface area (Å²) >= 11 is 0. The summed E-state index contributed by atoms with van der Waals surface area (Å²) in [5, 5.41) is 60.0. The van der Waals surface area contributed by atoms with Crippen LogP contribution in [-0.4, -0.2) is 73.9 Å². The summed E-state index contributed by atoms with van der Waals surface area (Å²) in [5.41, 5.74) is 0.565. The molecule has 5 rings (SSSR count). The minimum atomic E-state index is -1.67. The molecule has 0 amide bonds. The maximum atomic E-state index is 12.5. The molecule has 1 aliphatic heterocycles. The van der Waals surface area contributed by atoms with Crippen LogP contribution in [0.15, 0.2) is 82.0 Å². The molecule has 42 heavy (non-hydrogen) atoms. The molecule has 2 heterocycles. The number of fused-ring (bicyclic) bond motifs is 1. The molecule has 0 unspecified atom stereocenters. The molecule has 1 fully saturated rings. The zero-order valence-corrected chi connectivity index (χ0v) is 21.7. The Morgan fingerprint density at radius 2 is 1.57 bits per heavy atom. The summed E-state index contributed by atoms with van der Waals surface area (Å²) in [6.45, 7) is -0.450. The summed E-state index contributed by atoms with van der Waals surface area (Å²) < 4.78 is 22.1. The summed E-state index contributed by atoms with van der Waals surface area (Å²) in [7, 11) is 0. The number of benzene rings is 3. The van der Waals surface area contributed by atoms with E-state index in [-0.39, 0.29) is 34.0 Å². The van der Waals surface area contributed by atoms with Crippen molar-refractivity contribution in [2.45, 2.75) is 30.7 Å². The first-order valence-corrected chi connectivity index (χ1v) is 12.7. The van der Waals surface area contributed by atoms with Crippen LogP contribution in [0.3, 0.4) is 0 Å². The Balaban J connectivity index is 1.24. The van der Waals surface area contributed by atoms with Crippen molar-refractivity contribution in [3.63, 3.8) is 0 Å². The molecule has 0 saturated carbocycles. The number of ether oxygens (including phenoxy) is 3. The minimum absolute atomic E-state index is 0.0100. The molecule has 1 aliphatic rings. The average Bonchev–Trinajstić information content (AvgIpc) is 2.96. The molecular weight excluding hydrogens is 552 g/mol. The zero-order valence-electron chi connectivity index (χ0n) is 21.7. The second kappa shape index (κ2) is 11.9. The number of esters is 1. The first-order chi connectivity index (χ1) is 20.1. The van der Waals surface area contributed by atoms with Crippen molar-refractivity contribution < 1.29 is 54.1 Å². The van der Waals surface area contributed by atoms with Crippen LogP contribution < -0.4 is 10.2 Å². The molecule has 12 nitrogen and oxygen atoms in total. The molecule has 1 aromatic heterocycles. The molecule has 12 heteroatoms. The maximum absolute atomic E-state index is 12.5. The molecule has 4 aromatic rings. The summed E-state index contributed by atoms with van der Waals surface area (Å²) in [4.78, 5) is 24.6. The second-order valence-corrected chi connectivity index (χ2v) is 9.52. The van der Waals surface area contributed by atoms with E-state index in [0.717, 1.165) is 12.1 Å². The van der Waals surface area contributed by atoms with Crippen molar-refractivity contribution in [3.8, 4) is 34.3 Å². The van der Waals surface area contributed by atoms with Gasteiger partial charge >= 0.3 is 5.97 Å². The minimum Gasteiger partial charge on any atom is -0.508 e. The van der Waals surface area contributed by atoms with Crippen molar-refractivity contribution >= 4 is 23.0 Å². The van der Waals surface area contributed by atoms with E-state index in [1.165, 1.54) is 42.5 Å². The number of carbonyl (C=O) groups is 1. The Bertz CT molecular complexity index is 1660. The van der Waals surface area contributed by atoms with Gasteiger partial charge in [0, 0.05) is 29.8 Å². The lowest BCUT2D eigenvalue weighted by Gasteiger charge is -2.39. The normalized spacial score (nSPS) is 22.3. The third-order valence-electron chi connectivity index (χ3n) is 6.55. The number of hydrogen-bond acceptors (Lipinski definition) is 12. The van der Waals surface area contributed by atoms with Gasteiger partial charge in [-0.2, -0.15) is 0 Å². The molecule has 3 aromatic carbocycles. The van der Waals surface area contributed by atoms with Gasteiger partial charge in [0.15, 0.2) is 5.43 Å². The van der Waals surface area contributed by atoms with Crippen LogP contribution in [0.4, 0.5) is 0 Å².